The Labute approximate surface area is 139 Å². The van der Waals surface area contributed by atoms with Crippen LogP contribution in [0.1, 0.15) is 21.7 Å². The molecule has 0 spiro atoms. The van der Waals surface area contributed by atoms with Crippen molar-refractivity contribution in [3.63, 3.8) is 0 Å². The van der Waals surface area contributed by atoms with Gasteiger partial charge in [-0.25, -0.2) is 0 Å². The molecule has 1 aliphatic heterocycles. The van der Waals surface area contributed by atoms with Crippen molar-refractivity contribution >= 4 is 23.0 Å². The maximum atomic E-state index is 12.5. The fraction of sp³-hybridized carbons (Fsp3) is 0.222. The van der Waals surface area contributed by atoms with Crippen molar-refractivity contribution in [2.75, 3.05) is 13.1 Å². The van der Waals surface area contributed by atoms with Gasteiger partial charge in [-0.15, -0.1) is 17.9 Å². The first-order valence-corrected chi connectivity index (χ1v) is 8.37. The first-order chi connectivity index (χ1) is 11.3. The highest BCUT2D eigenvalue weighted by atomic mass is 32.1. The summed E-state index contributed by atoms with van der Waals surface area (Å²) < 4.78 is 0. The number of nitrogens with zero attached hydrogens (tertiary/aromatic N) is 2. The van der Waals surface area contributed by atoms with Crippen LogP contribution in [0.4, 0.5) is 0 Å². The lowest BCUT2D eigenvalue weighted by atomic mass is 10.0. The highest BCUT2D eigenvalue weighted by Crippen LogP contribution is 2.19. The second-order valence-corrected chi connectivity index (χ2v) is 6.26. The first kappa shape index (κ1) is 15.5. The summed E-state index contributed by atoms with van der Waals surface area (Å²) in [6.45, 7) is 4.74. The SMILES string of the molecule is C=CCN(CC1CC(c2ccccc2)=NO1)C(=O)c1cccs1. The van der Waals surface area contributed by atoms with Gasteiger partial charge in [-0.3, -0.25) is 4.79 Å². The van der Waals surface area contributed by atoms with Gasteiger partial charge >= 0.3 is 0 Å². The van der Waals surface area contributed by atoms with E-state index in [0.29, 0.717) is 19.5 Å². The number of hydrogen-bond donors (Lipinski definition) is 0. The summed E-state index contributed by atoms with van der Waals surface area (Å²) >= 11 is 1.45. The van der Waals surface area contributed by atoms with Gasteiger partial charge in [-0.1, -0.05) is 47.6 Å². The van der Waals surface area contributed by atoms with Crippen molar-refractivity contribution in [1.29, 1.82) is 0 Å². The lowest BCUT2D eigenvalue weighted by Gasteiger charge is -2.22. The van der Waals surface area contributed by atoms with E-state index in [1.165, 1.54) is 11.3 Å². The summed E-state index contributed by atoms with van der Waals surface area (Å²) in [6.07, 6.45) is 2.32. The van der Waals surface area contributed by atoms with E-state index in [0.717, 1.165) is 16.2 Å². The lowest BCUT2D eigenvalue weighted by molar-refractivity contribution is 0.0452. The maximum Gasteiger partial charge on any atom is 0.264 e. The van der Waals surface area contributed by atoms with Crippen LogP contribution in [0.15, 0.2) is 65.7 Å². The number of benzene rings is 1. The van der Waals surface area contributed by atoms with Gasteiger partial charge in [0.25, 0.3) is 5.91 Å². The fourth-order valence-corrected chi connectivity index (χ4v) is 3.22. The van der Waals surface area contributed by atoms with Gasteiger partial charge in [0.05, 0.1) is 17.1 Å². The van der Waals surface area contributed by atoms with Gasteiger partial charge in [0.2, 0.25) is 0 Å². The Kier molecular flexibility index (Phi) is 4.88. The largest absolute Gasteiger partial charge is 0.390 e. The number of hydrogen-bond acceptors (Lipinski definition) is 4. The number of thiophene rings is 1. The molecule has 0 radical (unpaired) electrons. The summed E-state index contributed by atoms with van der Waals surface area (Å²) in [5.74, 6) is 0.0108. The van der Waals surface area contributed by atoms with Gasteiger partial charge in [0.1, 0.15) is 0 Å². The molecule has 4 nitrogen and oxygen atoms in total. The molecule has 1 aromatic carbocycles. The van der Waals surface area contributed by atoms with Crippen LogP contribution in [0.2, 0.25) is 0 Å². The zero-order valence-electron chi connectivity index (χ0n) is 12.7. The Balaban J connectivity index is 1.64. The molecule has 1 amide bonds. The molecular formula is C18H18N2O2S. The van der Waals surface area contributed by atoms with Crippen molar-refractivity contribution < 1.29 is 9.63 Å². The highest BCUT2D eigenvalue weighted by molar-refractivity contribution is 7.12. The van der Waals surface area contributed by atoms with Crippen LogP contribution in [0, 0.1) is 0 Å². The standard InChI is InChI=1S/C18H18N2O2S/c1-2-10-20(18(21)17-9-6-11-23-17)13-15-12-16(19-22-15)14-7-4-3-5-8-14/h2-9,11,15H,1,10,12-13H2. The molecule has 118 valence electrons. The molecule has 1 unspecified atom stereocenters. The van der Waals surface area contributed by atoms with Gasteiger partial charge in [-0.2, -0.15) is 0 Å². The third-order valence-electron chi connectivity index (χ3n) is 3.63. The van der Waals surface area contributed by atoms with E-state index >= 15 is 0 Å². The quantitative estimate of drug-likeness (QED) is 0.762. The molecule has 0 fully saturated rings. The number of amides is 1. The first-order valence-electron chi connectivity index (χ1n) is 7.49. The van der Waals surface area contributed by atoms with E-state index in [2.05, 4.69) is 11.7 Å². The Hall–Kier alpha value is -2.40. The normalized spacial score (nSPS) is 16.5. The van der Waals surface area contributed by atoms with E-state index in [9.17, 15) is 4.79 Å². The predicted octanol–water partition coefficient (Wildman–Crippen LogP) is 3.57. The van der Waals surface area contributed by atoms with Crippen molar-refractivity contribution in [2.45, 2.75) is 12.5 Å². The molecule has 23 heavy (non-hydrogen) atoms. The van der Waals surface area contributed by atoms with E-state index in [1.54, 1.807) is 11.0 Å². The molecule has 0 aliphatic carbocycles. The molecule has 1 aromatic heterocycles. The second kappa shape index (κ2) is 7.24. The topological polar surface area (TPSA) is 41.9 Å². The number of oxime groups is 1. The van der Waals surface area contributed by atoms with Crippen molar-refractivity contribution in [3.8, 4) is 0 Å². The molecule has 5 heteroatoms. The van der Waals surface area contributed by atoms with Crippen LogP contribution in [0.25, 0.3) is 0 Å². The van der Waals surface area contributed by atoms with E-state index in [1.807, 2.05) is 47.8 Å². The van der Waals surface area contributed by atoms with Crippen LogP contribution in [-0.4, -0.2) is 35.7 Å². The molecule has 0 bridgehead atoms. The minimum atomic E-state index is -0.117. The van der Waals surface area contributed by atoms with Crippen molar-refractivity contribution in [1.82, 2.24) is 4.90 Å². The molecule has 2 heterocycles. The van der Waals surface area contributed by atoms with Crippen molar-refractivity contribution in [3.05, 3.63) is 70.9 Å². The third kappa shape index (κ3) is 3.68. The third-order valence-corrected chi connectivity index (χ3v) is 4.49. The highest BCUT2D eigenvalue weighted by Gasteiger charge is 2.26. The zero-order chi connectivity index (χ0) is 16.1. The molecule has 0 saturated carbocycles. The Morgan fingerprint density at radius 3 is 2.87 bits per heavy atom. The van der Waals surface area contributed by atoms with E-state index in [-0.39, 0.29) is 12.0 Å². The smallest absolute Gasteiger partial charge is 0.264 e. The van der Waals surface area contributed by atoms with Crippen LogP contribution in [0.3, 0.4) is 0 Å². The average molecular weight is 326 g/mol. The summed E-state index contributed by atoms with van der Waals surface area (Å²) in [4.78, 5) is 20.5. The van der Waals surface area contributed by atoms with Crippen LogP contribution < -0.4 is 0 Å². The molecule has 0 N–H and O–H groups in total. The van der Waals surface area contributed by atoms with Crippen LogP contribution >= 0.6 is 11.3 Å². The summed E-state index contributed by atoms with van der Waals surface area (Å²) in [6, 6.07) is 13.7. The van der Waals surface area contributed by atoms with Crippen LogP contribution in [0.5, 0.6) is 0 Å². The number of carbonyl (C=O) groups is 1. The van der Waals surface area contributed by atoms with E-state index < -0.39 is 0 Å². The van der Waals surface area contributed by atoms with Crippen LogP contribution in [-0.2, 0) is 4.84 Å². The molecule has 1 aliphatic rings. The molecule has 0 saturated heterocycles. The second-order valence-electron chi connectivity index (χ2n) is 5.31. The summed E-state index contributed by atoms with van der Waals surface area (Å²) in [5, 5.41) is 6.08. The molecule has 1 atom stereocenters. The summed E-state index contributed by atoms with van der Waals surface area (Å²) in [5.41, 5.74) is 1.99. The molecular weight excluding hydrogens is 308 g/mol. The fourth-order valence-electron chi connectivity index (χ4n) is 2.53. The predicted molar refractivity (Wildman–Crippen MR) is 92.9 cm³/mol. The lowest BCUT2D eigenvalue weighted by Crippen LogP contribution is -2.37. The van der Waals surface area contributed by atoms with Gasteiger partial charge < -0.3 is 9.74 Å². The minimum Gasteiger partial charge on any atom is -0.390 e. The van der Waals surface area contributed by atoms with E-state index in [4.69, 9.17) is 4.84 Å². The Morgan fingerprint density at radius 2 is 2.17 bits per heavy atom. The summed E-state index contributed by atoms with van der Waals surface area (Å²) in [7, 11) is 0. The number of carbonyl (C=O) groups excluding carboxylic acids is 1. The van der Waals surface area contributed by atoms with Gasteiger partial charge in [0, 0.05) is 13.0 Å². The Bertz CT molecular complexity index is 695. The molecule has 2 aromatic rings. The minimum absolute atomic E-state index is 0.0108. The Morgan fingerprint density at radius 1 is 1.35 bits per heavy atom. The zero-order valence-corrected chi connectivity index (χ0v) is 13.5. The van der Waals surface area contributed by atoms with Gasteiger partial charge in [0.15, 0.2) is 6.10 Å². The van der Waals surface area contributed by atoms with Crippen molar-refractivity contribution in [2.24, 2.45) is 5.16 Å². The monoisotopic (exact) mass is 326 g/mol. The molecule has 3 rings (SSSR count). The van der Waals surface area contributed by atoms with Gasteiger partial charge in [-0.05, 0) is 17.0 Å². The maximum absolute atomic E-state index is 12.5. The average Bonchev–Trinajstić information content (AvgIpc) is 3.26. The number of rotatable bonds is 6.